The first-order valence-corrected chi connectivity index (χ1v) is 10.4. The fourth-order valence-electron chi connectivity index (χ4n) is 2.93. The molecular formula is C20H28ClN9O2. The molecule has 3 aromatic rings. The minimum absolute atomic E-state index is 0.106. The molecule has 32 heavy (non-hydrogen) atoms. The van der Waals surface area contributed by atoms with Crippen LogP contribution in [-0.4, -0.2) is 56.7 Å². The van der Waals surface area contributed by atoms with Crippen molar-refractivity contribution in [1.29, 1.82) is 0 Å². The molecule has 2 aromatic heterocycles. The molecule has 1 amide bonds. The lowest BCUT2D eigenvalue weighted by molar-refractivity contribution is 0.0995. The Hall–Kier alpha value is -3.02. The first kappa shape index (κ1) is 23.6. The van der Waals surface area contributed by atoms with E-state index in [1.165, 1.54) is 0 Å². The van der Waals surface area contributed by atoms with Gasteiger partial charge in [0.25, 0.3) is 5.91 Å². The molecule has 12 heteroatoms. The van der Waals surface area contributed by atoms with Gasteiger partial charge in [-0.3, -0.25) is 9.48 Å². The summed E-state index contributed by atoms with van der Waals surface area (Å²) in [5, 5.41) is 19.8. The number of rotatable bonds is 8. The Balaban J connectivity index is 1.94. The van der Waals surface area contributed by atoms with Crippen LogP contribution in [0.15, 0.2) is 18.3 Å². The zero-order valence-corrected chi connectivity index (χ0v) is 19.4. The SMILES string of the molecule is COC[C@H](N)[C@@H](C)Nc1nnc(C(N)=O)c(Nc2cc(Cl)c3nn(C(C)(C)C)cc3c2)n1. The van der Waals surface area contributed by atoms with Gasteiger partial charge >= 0.3 is 0 Å². The maximum Gasteiger partial charge on any atom is 0.273 e. The van der Waals surface area contributed by atoms with Crippen LogP contribution in [0.4, 0.5) is 17.5 Å². The smallest absolute Gasteiger partial charge is 0.273 e. The van der Waals surface area contributed by atoms with Gasteiger partial charge in [-0.2, -0.15) is 10.1 Å². The Bertz CT molecular complexity index is 1130. The Kier molecular flexibility index (Phi) is 6.82. The Labute approximate surface area is 190 Å². The van der Waals surface area contributed by atoms with Gasteiger partial charge in [0, 0.05) is 36.5 Å². The lowest BCUT2D eigenvalue weighted by Crippen LogP contribution is -2.41. The fraction of sp³-hybridized carbons (Fsp3) is 0.450. The average Bonchev–Trinajstić information content (AvgIpc) is 3.13. The monoisotopic (exact) mass is 461 g/mol. The Morgan fingerprint density at radius 1 is 1.31 bits per heavy atom. The van der Waals surface area contributed by atoms with Crippen LogP contribution in [-0.2, 0) is 10.3 Å². The first-order valence-electron chi connectivity index (χ1n) is 10.0. The third-order valence-electron chi connectivity index (χ3n) is 4.79. The van der Waals surface area contributed by atoms with Crippen LogP contribution in [0.25, 0.3) is 10.9 Å². The second-order valence-electron chi connectivity index (χ2n) is 8.51. The highest BCUT2D eigenvalue weighted by Crippen LogP contribution is 2.30. The first-order chi connectivity index (χ1) is 15.0. The number of ether oxygens (including phenoxy) is 1. The van der Waals surface area contributed by atoms with Crippen molar-refractivity contribution in [1.82, 2.24) is 25.0 Å². The van der Waals surface area contributed by atoms with E-state index in [1.54, 1.807) is 13.2 Å². The largest absolute Gasteiger partial charge is 0.383 e. The summed E-state index contributed by atoms with van der Waals surface area (Å²) in [4.78, 5) is 16.2. The van der Waals surface area contributed by atoms with Crippen LogP contribution in [0.1, 0.15) is 38.2 Å². The van der Waals surface area contributed by atoms with Crippen molar-refractivity contribution in [2.75, 3.05) is 24.4 Å². The number of methoxy groups -OCH3 is 1. The van der Waals surface area contributed by atoms with E-state index < -0.39 is 5.91 Å². The van der Waals surface area contributed by atoms with Gasteiger partial charge in [0.1, 0.15) is 5.52 Å². The number of benzene rings is 1. The van der Waals surface area contributed by atoms with E-state index in [9.17, 15) is 4.79 Å². The summed E-state index contributed by atoms with van der Waals surface area (Å²) in [7, 11) is 1.57. The number of carbonyl (C=O) groups excluding carboxylic acids is 1. The normalized spacial score (nSPS) is 13.7. The summed E-state index contributed by atoms with van der Waals surface area (Å²) in [6.45, 7) is 8.36. The quantitative estimate of drug-likeness (QED) is 0.394. The zero-order valence-electron chi connectivity index (χ0n) is 18.7. The number of fused-ring (bicyclic) bond motifs is 1. The summed E-state index contributed by atoms with van der Waals surface area (Å²) in [5.41, 5.74) is 12.5. The van der Waals surface area contributed by atoms with Crippen LogP contribution >= 0.6 is 11.6 Å². The van der Waals surface area contributed by atoms with Crippen LogP contribution in [0, 0.1) is 0 Å². The molecule has 6 N–H and O–H groups in total. The minimum atomic E-state index is -0.768. The second kappa shape index (κ2) is 9.23. The molecule has 0 bridgehead atoms. The highest BCUT2D eigenvalue weighted by atomic mass is 35.5. The average molecular weight is 462 g/mol. The molecule has 1 aromatic carbocycles. The number of halogens is 1. The number of carbonyl (C=O) groups is 1. The van der Waals surface area contributed by atoms with Crippen LogP contribution in [0.5, 0.6) is 0 Å². The molecule has 172 valence electrons. The van der Waals surface area contributed by atoms with Gasteiger partial charge in [0.15, 0.2) is 11.5 Å². The molecule has 2 heterocycles. The summed E-state index contributed by atoms with van der Waals surface area (Å²) >= 11 is 6.46. The number of nitrogens with one attached hydrogen (secondary N) is 2. The molecule has 0 aliphatic carbocycles. The number of nitrogens with zero attached hydrogens (tertiary/aromatic N) is 5. The summed E-state index contributed by atoms with van der Waals surface area (Å²) in [6.07, 6.45) is 1.91. The van der Waals surface area contributed by atoms with Gasteiger partial charge in [0.2, 0.25) is 5.95 Å². The number of amides is 1. The molecule has 0 saturated heterocycles. The highest BCUT2D eigenvalue weighted by molar-refractivity contribution is 6.35. The van der Waals surface area contributed by atoms with Gasteiger partial charge in [-0.05, 0) is 39.8 Å². The number of aromatic nitrogens is 5. The molecule has 0 spiro atoms. The predicted molar refractivity (Wildman–Crippen MR) is 124 cm³/mol. The van der Waals surface area contributed by atoms with Crippen LogP contribution < -0.4 is 22.1 Å². The van der Waals surface area contributed by atoms with Crippen LogP contribution in [0.3, 0.4) is 0 Å². The van der Waals surface area contributed by atoms with E-state index in [0.29, 0.717) is 22.8 Å². The minimum Gasteiger partial charge on any atom is -0.383 e. The predicted octanol–water partition coefficient (Wildman–Crippen LogP) is 2.25. The van der Waals surface area contributed by atoms with E-state index in [-0.39, 0.29) is 35.1 Å². The van der Waals surface area contributed by atoms with Crippen molar-refractivity contribution >= 4 is 45.9 Å². The summed E-state index contributed by atoms with van der Waals surface area (Å²) in [5.74, 6) is -0.443. The van der Waals surface area contributed by atoms with Gasteiger partial charge in [0.05, 0.1) is 17.2 Å². The molecule has 0 unspecified atom stereocenters. The third kappa shape index (κ3) is 5.23. The standard InChI is InChI=1S/C20H28ClN9O2/c1-10(14(22)9-32-5)24-19-26-18(16(17(23)31)27-28-19)25-12-6-11-8-30(20(2,3)4)29-15(11)13(21)7-12/h6-8,10,14H,9,22H2,1-5H3,(H2,23,31)(H2,24,25,26,28)/t10-,14+/m1/s1. The lowest BCUT2D eigenvalue weighted by Gasteiger charge is -2.20. The number of hydrogen-bond acceptors (Lipinski definition) is 9. The van der Waals surface area contributed by atoms with E-state index in [0.717, 1.165) is 5.39 Å². The topological polar surface area (TPSA) is 159 Å². The van der Waals surface area contributed by atoms with Crippen molar-refractivity contribution in [3.05, 3.63) is 29.0 Å². The van der Waals surface area contributed by atoms with Gasteiger partial charge in [-0.1, -0.05) is 11.6 Å². The Morgan fingerprint density at radius 3 is 2.66 bits per heavy atom. The molecule has 0 saturated carbocycles. The number of nitrogens with two attached hydrogens (primary N) is 2. The third-order valence-corrected chi connectivity index (χ3v) is 5.08. The molecular weight excluding hydrogens is 434 g/mol. The molecule has 2 atom stereocenters. The summed E-state index contributed by atoms with van der Waals surface area (Å²) in [6, 6.07) is 3.05. The molecule has 11 nitrogen and oxygen atoms in total. The van der Waals surface area contributed by atoms with Gasteiger partial charge in [-0.15, -0.1) is 10.2 Å². The molecule has 0 aliphatic heterocycles. The van der Waals surface area contributed by atoms with Crippen molar-refractivity contribution < 1.29 is 9.53 Å². The van der Waals surface area contributed by atoms with Crippen molar-refractivity contribution in [3.8, 4) is 0 Å². The van der Waals surface area contributed by atoms with E-state index in [4.69, 9.17) is 27.8 Å². The number of hydrogen-bond donors (Lipinski definition) is 4. The van der Waals surface area contributed by atoms with Gasteiger partial charge < -0.3 is 26.8 Å². The summed E-state index contributed by atoms with van der Waals surface area (Å²) < 4.78 is 6.92. The molecule has 0 fully saturated rings. The number of anilines is 3. The molecule has 0 radical (unpaired) electrons. The van der Waals surface area contributed by atoms with Gasteiger partial charge in [-0.25, -0.2) is 0 Å². The Morgan fingerprint density at radius 2 is 2.03 bits per heavy atom. The van der Waals surface area contributed by atoms with E-state index in [2.05, 4.69) is 30.9 Å². The van der Waals surface area contributed by atoms with E-state index >= 15 is 0 Å². The van der Waals surface area contributed by atoms with Crippen molar-refractivity contribution in [3.63, 3.8) is 0 Å². The molecule has 0 aliphatic rings. The second-order valence-corrected chi connectivity index (χ2v) is 8.92. The van der Waals surface area contributed by atoms with Crippen LogP contribution in [0.2, 0.25) is 5.02 Å². The fourth-order valence-corrected chi connectivity index (χ4v) is 3.20. The zero-order chi connectivity index (χ0) is 23.6. The van der Waals surface area contributed by atoms with E-state index in [1.807, 2.05) is 44.6 Å². The molecule has 3 rings (SSSR count). The van der Waals surface area contributed by atoms with Crippen molar-refractivity contribution in [2.45, 2.75) is 45.3 Å². The highest BCUT2D eigenvalue weighted by Gasteiger charge is 2.20. The maximum absolute atomic E-state index is 11.9. The lowest BCUT2D eigenvalue weighted by atomic mass is 10.1. The maximum atomic E-state index is 11.9. The van der Waals surface area contributed by atoms with Crippen molar-refractivity contribution in [2.24, 2.45) is 11.5 Å². The number of primary amides is 1.